The summed E-state index contributed by atoms with van der Waals surface area (Å²) in [7, 11) is 1.60. The van der Waals surface area contributed by atoms with Crippen LogP contribution in [0, 0.1) is 6.92 Å². The summed E-state index contributed by atoms with van der Waals surface area (Å²) in [5.41, 5.74) is 4.39. The lowest BCUT2D eigenvalue weighted by molar-refractivity contribution is 0.0958. The van der Waals surface area contributed by atoms with Gasteiger partial charge in [-0.2, -0.15) is 0 Å². The van der Waals surface area contributed by atoms with Crippen molar-refractivity contribution in [3.8, 4) is 0 Å². The van der Waals surface area contributed by atoms with E-state index < -0.39 is 0 Å². The third kappa shape index (κ3) is 4.22. The molecular weight excluding hydrogens is 448 g/mol. The van der Waals surface area contributed by atoms with Gasteiger partial charge in [0.05, 0.1) is 17.4 Å². The number of pyridine rings is 1. The number of H-pyrrole nitrogens is 1. The van der Waals surface area contributed by atoms with Gasteiger partial charge < -0.3 is 15.2 Å². The number of nitrogens with one attached hydrogen (secondary N) is 2. The molecule has 1 aliphatic heterocycles. The number of aryl methyl sites for hydroxylation is 1. The molecule has 9 heteroatoms. The number of piperazine rings is 1. The van der Waals surface area contributed by atoms with Crippen LogP contribution in [-0.4, -0.2) is 59.0 Å². The normalized spacial score (nSPS) is 14.8. The Labute approximate surface area is 182 Å². The summed E-state index contributed by atoms with van der Waals surface area (Å²) in [5, 5.41) is 2.58. The number of fused-ring (bicyclic) bond motifs is 1. The van der Waals surface area contributed by atoms with Gasteiger partial charge in [-0.1, -0.05) is 0 Å². The van der Waals surface area contributed by atoms with Crippen molar-refractivity contribution in [2.75, 3.05) is 38.1 Å². The molecule has 1 aliphatic rings. The molecule has 3 heterocycles. The van der Waals surface area contributed by atoms with Crippen LogP contribution >= 0.6 is 15.9 Å². The fourth-order valence-electron chi connectivity index (χ4n) is 3.64. The van der Waals surface area contributed by atoms with Crippen LogP contribution in [0.5, 0.6) is 0 Å². The van der Waals surface area contributed by atoms with Crippen LogP contribution in [0.3, 0.4) is 0 Å². The Morgan fingerprint density at radius 2 is 2.00 bits per heavy atom. The SMILES string of the molecule is CNC(=O)c1ccc(N2CCN(Cc3cc(Br)c4nc(C)c(=O)[nH]c4c3)CC2)cn1. The summed E-state index contributed by atoms with van der Waals surface area (Å²) in [6.07, 6.45) is 1.76. The van der Waals surface area contributed by atoms with E-state index >= 15 is 0 Å². The molecule has 2 aromatic heterocycles. The molecule has 1 saturated heterocycles. The minimum atomic E-state index is -0.181. The lowest BCUT2D eigenvalue weighted by atomic mass is 10.1. The maximum atomic E-state index is 11.9. The van der Waals surface area contributed by atoms with E-state index in [1.54, 1.807) is 26.2 Å². The van der Waals surface area contributed by atoms with E-state index in [0.717, 1.165) is 59.5 Å². The molecule has 2 N–H and O–H groups in total. The molecule has 156 valence electrons. The van der Waals surface area contributed by atoms with Crippen LogP contribution in [0.25, 0.3) is 11.0 Å². The Balaban J connectivity index is 1.42. The van der Waals surface area contributed by atoms with Gasteiger partial charge in [0.1, 0.15) is 16.9 Å². The van der Waals surface area contributed by atoms with Crippen molar-refractivity contribution in [1.82, 2.24) is 25.2 Å². The molecule has 0 radical (unpaired) electrons. The first-order chi connectivity index (χ1) is 14.4. The van der Waals surface area contributed by atoms with Gasteiger partial charge in [-0.3, -0.25) is 14.5 Å². The Morgan fingerprint density at radius 1 is 1.23 bits per heavy atom. The van der Waals surface area contributed by atoms with Crippen LogP contribution in [0.4, 0.5) is 5.69 Å². The van der Waals surface area contributed by atoms with E-state index in [1.807, 2.05) is 12.1 Å². The molecule has 0 aliphatic carbocycles. The molecule has 1 fully saturated rings. The Kier molecular flexibility index (Phi) is 5.83. The maximum Gasteiger partial charge on any atom is 0.269 e. The summed E-state index contributed by atoms with van der Waals surface area (Å²) in [6, 6.07) is 7.77. The average molecular weight is 471 g/mol. The fraction of sp³-hybridized carbons (Fsp3) is 0.333. The molecular formula is C21H23BrN6O2. The van der Waals surface area contributed by atoms with Crippen LogP contribution in [0.15, 0.2) is 39.7 Å². The topological polar surface area (TPSA) is 94.2 Å². The number of aromatic amines is 1. The summed E-state index contributed by atoms with van der Waals surface area (Å²) < 4.78 is 0.885. The van der Waals surface area contributed by atoms with Gasteiger partial charge in [-0.05, 0) is 52.7 Å². The molecule has 1 aromatic carbocycles. The van der Waals surface area contributed by atoms with E-state index in [0.29, 0.717) is 11.4 Å². The molecule has 8 nitrogen and oxygen atoms in total. The van der Waals surface area contributed by atoms with Crippen molar-refractivity contribution in [2.24, 2.45) is 0 Å². The first-order valence-electron chi connectivity index (χ1n) is 9.79. The molecule has 0 spiro atoms. The first-order valence-corrected chi connectivity index (χ1v) is 10.6. The number of rotatable bonds is 4. The second kappa shape index (κ2) is 8.53. The summed E-state index contributed by atoms with van der Waals surface area (Å²) in [4.78, 5) is 39.8. The third-order valence-corrected chi connectivity index (χ3v) is 5.94. The standard InChI is InChI=1S/C21H23BrN6O2/c1-13-20(29)26-18-10-14(9-16(22)19(18)25-13)12-27-5-7-28(8-6-27)15-3-4-17(24-11-15)21(30)23-2/h3-4,9-11H,5-8,12H2,1-2H3,(H,23,30)(H,26,29). The van der Waals surface area contributed by atoms with Crippen molar-refractivity contribution in [3.63, 3.8) is 0 Å². The summed E-state index contributed by atoms with van der Waals surface area (Å²) >= 11 is 3.59. The molecule has 0 saturated carbocycles. The van der Waals surface area contributed by atoms with Crippen LogP contribution in [0.2, 0.25) is 0 Å². The predicted molar refractivity (Wildman–Crippen MR) is 120 cm³/mol. The number of carbonyl (C=O) groups is 1. The molecule has 0 atom stereocenters. The van der Waals surface area contributed by atoms with Crippen molar-refractivity contribution >= 4 is 38.6 Å². The van der Waals surface area contributed by atoms with E-state index in [4.69, 9.17) is 0 Å². The Morgan fingerprint density at radius 3 is 2.67 bits per heavy atom. The van der Waals surface area contributed by atoms with E-state index in [9.17, 15) is 9.59 Å². The lowest BCUT2D eigenvalue weighted by Gasteiger charge is -2.36. The number of anilines is 1. The van der Waals surface area contributed by atoms with Crippen molar-refractivity contribution in [1.29, 1.82) is 0 Å². The Bertz CT molecular complexity index is 1140. The van der Waals surface area contributed by atoms with Gasteiger partial charge in [-0.25, -0.2) is 9.97 Å². The van der Waals surface area contributed by atoms with Gasteiger partial charge in [0.2, 0.25) is 0 Å². The number of halogens is 1. The number of hydrogen-bond acceptors (Lipinski definition) is 6. The third-order valence-electron chi connectivity index (χ3n) is 5.33. The average Bonchev–Trinajstić information content (AvgIpc) is 2.75. The van der Waals surface area contributed by atoms with Crippen LogP contribution in [0.1, 0.15) is 21.7 Å². The van der Waals surface area contributed by atoms with Gasteiger partial charge in [0, 0.05) is 44.2 Å². The molecule has 30 heavy (non-hydrogen) atoms. The Hall–Kier alpha value is -2.78. The minimum Gasteiger partial charge on any atom is -0.368 e. The van der Waals surface area contributed by atoms with E-state index in [-0.39, 0.29) is 11.5 Å². The minimum absolute atomic E-state index is 0.156. The predicted octanol–water partition coefficient (Wildman–Crippen LogP) is 2.07. The van der Waals surface area contributed by atoms with Crippen molar-refractivity contribution in [2.45, 2.75) is 13.5 Å². The number of hydrogen-bond donors (Lipinski definition) is 2. The quantitative estimate of drug-likeness (QED) is 0.605. The van der Waals surface area contributed by atoms with E-state index in [2.05, 4.69) is 52.1 Å². The summed E-state index contributed by atoms with van der Waals surface area (Å²) in [5.74, 6) is -0.181. The monoisotopic (exact) mass is 470 g/mol. The van der Waals surface area contributed by atoms with Gasteiger partial charge in [0.15, 0.2) is 0 Å². The first kappa shape index (κ1) is 20.5. The summed E-state index contributed by atoms with van der Waals surface area (Å²) in [6.45, 7) is 6.09. The van der Waals surface area contributed by atoms with Gasteiger partial charge in [-0.15, -0.1) is 0 Å². The highest BCUT2D eigenvalue weighted by atomic mass is 79.9. The zero-order valence-electron chi connectivity index (χ0n) is 16.9. The highest BCUT2D eigenvalue weighted by Gasteiger charge is 2.19. The zero-order chi connectivity index (χ0) is 21.3. The molecule has 3 aromatic rings. The number of nitrogens with zero attached hydrogens (tertiary/aromatic N) is 4. The fourth-order valence-corrected chi connectivity index (χ4v) is 4.24. The highest BCUT2D eigenvalue weighted by Crippen LogP contribution is 2.24. The lowest BCUT2D eigenvalue weighted by Crippen LogP contribution is -2.46. The van der Waals surface area contributed by atoms with Gasteiger partial charge in [0.25, 0.3) is 11.5 Å². The maximum absolute atomic E-state index is 11.9. The number of aromatic nitrogens is 3. The molecule has 0 bridgehead atoms. The second-order valence-corrected chi connectivity index (χ2v) is 8.22. The largest absolute Gasteiger partial charge is 0.368 e. The number of benzene rings is 1. The van der Waals surface area contributed by atoms with Crippen LogP contribution in [-0.2, 0) is 6.54 Å². The second-order valence-electron chi connectivity index (χ2n) is 7.37. The van der Waals surface area contributed by atoms with Crippen molar-refractivity contribution < 1.29 is 4.79 Å². The highest BCUT2D eigenvalue weighted by molar-refractivity contribution is 9.10. The van der Waals surface area contributed by atoms with Crippen LogP contribution < -0.4 is 15.8 Å². The number of carbonyl (C=O) groups excluding carboxylic acids is 1. The molecule has 1 amide bonds. The molecule has 0 unspecified atom stereocenters. The zero-order valence-corrected chi connectivity index (χ0v) is 18.5. The number of amides is 1. The molecule has 4 rings (SSSR count). The smallest absolute Gasteiger partial charge is 0.269 e. The van der Waals surface area contributed by atoms with E-state index in [1.165, 1.54) is 0 Å². The van der Waals surface area contributed by atoms with Gasteiger partial charge >= 0.3 is 0 Å². The van der Waals surface area contributed by atoms with Crippen molar-refractivity contribution in [3.05, 3.63) is 62.2 Å².